The SMILES string of the molecule is CCCC[C@H](NC(=O)C(Cc1c(F)cccc1F)NC(=O)c1ccc(-c2cccc(Cl)c2)cc1)C(=O)c1nc2ncccc2o1. The van der Waals surface area contributed by atoms with Crippen LogP contribution in [0, 0.1) is 11.6 Å². The number of oxazole rings is 1. The molecule has 2 N–H and O–H groups in total. The lowest BCUT2D eigenvalue weighted by Crippen LogP contribution is -2.52. The molecule has 1 unspecified atom stereocenters. The summed E-state index contributed by atoms with van der Waals surface area (Å²) in [6.07, 6.45) is 2.55. The molecule has 0 aliphatic heterocycles. The number of halogens is 3. The zero-order valence-corrected chi connectivity index (χ0v) is 25.0. The van der Waals surface area contributed by atoms with Gasteiger partial charge in [-0.3, -0.25) is 14.4 Å². The molecule has 0 bridgehead atoms. The number of carbonyl (C=O) groups is 3. The summed E-state index contributed by atoms with van der Waals surface area (Å²) in [7, 11) is 0. The predicted molar refractivity (Wildman–Crippen MR) is 166 cm³/mol. The van der Waals surface area contributed by atoms with Crippen LogP contribution < -0.4 is 10.6 Å². The van der Waals surface area contributed by atoms with Crippen molar-refractivity contribution >= 4 is 40.4 Å². The molecule has 5 aromatic rings. The van der Waals surface area contributed by atoms with Crippen molar-refractivity contribution in [3.05, 3.63) is 119 Å². The first-order valence-corrected chi connectivity index (χ1v) is 14.8. The monoisotopic (exact) mass is 630 g/mol. The number of hydrogen-bond donors (Lipinski definition) is 2. The highest BCUT2D eigenvalue weighted by Gasteiger charge is 2.31. The molecule has 0 spiro atoms. The lowest BCUT2D eigenvalue weighted by molar-refractivity contribution is -0.123. The van der Waals surface area contributed by atoms with Crippen LogP contribution in [0.25, 0.3) is 22.4 Å². The lowest BCUT2D eigenvalue weighted by atomic mass is 10.0. The van der Waals surface area contributed by atoms with E-state index >= 15 is 0 Å². The number of benzene rings is 3. The number of ketones is 1. The normalized spacial score (nSPS) is 12.4. The molecule has 0 radical (unpaired) electrons. The molecule has 11 heteroatoms. The van der Waals surface area contributed by atoms with Crippen molar-refractivity contribution in [2.75, 3.05) is 0 Å². The highest BCUT2D eigenvalue weighted by atomic mass is 35.5. The molecule has 230 valence electrons. The van der Waals surface area contributed by atoms with Gasteiger partial charge in [0.2, 0.25) is 11.7 Å². The van der Waals surface area contributed by atoms with Crippen LogP contribution in [-0.2, 0) is 11.2 Å². The summed E-state index contributed by atoms with van der Waals surface area (Å²) >= 11 is 6.10. The van der Waals surface area contributed by atoms with E-state index in [2.05, 4.69) is 20.6 Å². The molecule has 0 aliphatic carbocycles. The molecule has 5 rings (SSSR count). The molecule has 0 saturated carbocycles. The first kappa shape index (κ1) is 31.5. The van der Waals surface area contributed by atoms with E-state index in [9.17, 15) is 23.2 Å². The smallest absolute Gasteiger partial charge is 0.268 e. The zero-order chi connectivity index (χ0) is 31.9. The largest absolute Gasteiger partial charge is 0.432 e. The van der Waals surface area contributed by atoms with Crippen LogP contribution in [0.15, 0.2) is 89.5 Å². The molecule has 8 nitrogen and oxygen atoms in total. The van der Waals surface area contributed by atoms with Gasteiger partial charge in [-0.25, -0.2) is 13.8 Å². The van der Waals surface area contributed by atoms with Crippen molar-refractivity contribution in [2.24, 2.45) is 0 Å². The molecule has 3 aromatic carbocycles. The van der Waals surface area contributed by atoms with Crippen molar-refractivity contribution in [1.82, 2.24) is 20.6 Å². The minimum atomic E-state index is -1.43. The number of carbonyl (C=O) groups excluding carboxylic acids is 3. The zero-order valence-electron chi connectivity index (χ0n) is 24.2. The molecular formula is C34H29ClF2N4O4. The standard InChI is InChI=1S/C34H29ClF2N4O4/c1-2-3-11-27(30(42)34-41-31-29(45-34)12-6-17-38-31)39-33(44)28(19-24-25(36)9-5-10-26(24)37)40-32(43)21-15-13-20(14-16-21)22-7-4-8-23(35)18-22/h4-10,12-18,27-28H,2-3,11,19H2,1H3,(H,39,44)(H,40,43)/t27-,28?/m0/s1. The summed E-state index contributed by atoms with van der Waals surface area (Å²) in [5, 5.41) is 5.83. The Balaban J connectivity index is 1.39. The Kier molecular flexibility index (Phi) is 9.94. The summed E-state index contributed by atoms with van der Waals surface area (Å²) in [5.74, 6) is -4.01. The van der Waals surface area contributed by atoms with E-state index in [1.54, 1.807) is 48.5 Å². The number of hydrogen-bond acceptors (Lipinski definition) is 6. The number of nitrogens with one attached hydrogen (secondary N) is 2. The van der Waals surface area contributed by atoms with Crippen LogP contribution in [0.5, 0.6) is 0 Å². The molecule has 0 saturated heterocycles. The minimum Gasteiger partial charge on any atom is -0.432 e. The number of Topliss-reactive ketones (excluding diaryl/α,β-unsaturated/α-hetero) is 1. The first-order chi connectivity index (χ1) is 21.7. The number of aromatic nitrogens is 2. The Labute approximate surface area is 262 Å². The van der Waals surface area contributed by atoms with Gasteiger partial charge >= 0.3 is 0 Å². The maximum absolute atomic E-state index is 14.7. The van der Waals surface area contributed by atoms with Gasteiger partial charge in [0.15, 0.2) is 11.2 Å². The number of unbranched alkanes of at least 4 members (excludes halogenated alkanes) is 1. The van der Waals surface area contributed by atoms with Crippen molar-refractivity contribution in [2.45, 2.75) is 44.7 Å². The Morgan fingerprint density at radius 1 is 0.889 bits per heavy atom. The minimum absolute atomic E-state index is 0.213. The number of rotatable bonds is 12. The molecule has 0 fully saturated rings. The van der Waals surface area contributed by atoms with Gasteiger partial charge < -0.3 is 15.1 Å². The summed E-state index contributed by atoms with van der Waals surface area (Å²) in [5.41, 5.74) is 2.04. The van der Waals surface area contributed by atoms with E-state index in [0.29, 0.717) is 17.0 Å². The summed E-state index contributed by atoms with van der Waals surface area (Å²) in [4.78, 5) is 48.7. The van der Waals surface area contributed by atoms with Crippen molar-refractivity contribution in [1.29, 1.82) is 0 Å². The third-order valence-electron chi connectivity index (χ3n) is 7.25. The van der Waals surface area contributed by atoms with Gasteiger partial charge in [0, 0.05) is 28.8 Å². The fourth-order valence-corrected chi connectivity index (χ4v) is 5.03. The maximum Gasteiger partial charge on any atom is 0.268 e. The third-order valence-corrected chi connectivity index (χ3v) is 7.49. The number of fused-ring (bicyclic) bond motifs is 1. The van der Waals surface area contributed by atoms with Crippen LogP contribution in [0.1, 0.15) is 52.8 Å². The molecular weight excluding hydrogens is 602 g/mol. The lowest BCUT2D eigenvalue weighted by Gasteiger charge is -2.23. The fourth-order valence-electron chi connectivity index (χ4n) is 4.84. The second kappa shape index (κ2) is 14.2. The van der Waals surface area contributed by atoms with Crippen LogP contribution >= 0.6 is 11.6 Å². The molecule has 2 aromatic heterocycles. The average molecular weight is 631 g/mol. The molecule has 45 heavy (non-hydrogen) atoms. The Hall–Kier alpha value is -4.96. The Bertz CT molecular complexity index is 1790. The second-order valence-electron chi connectivity index (χ2n) is 10.4. The maximum atomic E-state index is 14.7. The molecule has 0 aliphatic rings. The van der Waals surface area contributed by atoms with E-state index in [1.165, 1.54) is 12.3 Å². The van der Waals surface area contributed by atoms with Gasteiger partial charge in [0.25, 0.3) is 11.8 Å². The summed E-state index contributed by atoms with van der Waals surface area (Å²) < 4.78 is 34.9. The van der Waals surface area contributed by atoms with E-state index in [4.69, 9.17) is 16.0 Å². The van der Waals surface area contributed by atoms with E-state index < -0.39 is 47.7 Å². The predicted octanol–water partition coefficient (Wildman–Crippen LogP) is 6.72. The molecule has 2 atom stereocenters. The highest BCUT2D eigenvalue weighted by Crippen LogP contribution is 2.23. The number of nitrogens with zero attached hydrogens (tertiary/aromatic N) is 2. The average Bonchev–Trinajstić information content (AvgIpc) is 3.48. The number of amides is 2. The number of pyridine rings is 1. The van der Waals surface area contributed by atoms with Gasteiger partial charge in [0.1, 0.15) is 17.7 Å². The van der Waals surface area contributed by atoms with Crippen LogP contribution in [0.4, 0.5) is 8.78 Å². The van der Waals surface area contributed by atoms with Gasteiger partial charge in [-0.2, -0.15) is 4.98 Å². The van der Waals surface area contributed by atoms with Gasteiger partial charge in [-0.15, -0.1) is 0 Å². The molecule has 2 heterocycles. The molecule has 2 amide bonds. The third kappa shape index (κ3) is 7.58. The summed E-state index contributed by atoms with van der Waals surface area (Å²) in [6.45, 7) is 1.92. The topological polar surface area (TPSA) is 114 Å². The summed E-state index contributed by atoms with van der Waals surface area (Å²) in [6, 6.07) is 17.9. The quantitative estimate of drug-likeness (QED) is 0.148. The van der Waals surface area contributed by atoms with Crippen LogP contribution in [0.3, 0.4) is 0 Å². The van der Waals surface area contributed by atoms with Gasteiger partial charge in [-0.05, 0) is 66.1 Å². The van der Waals surface area contributed by atoms with Crippen molar-refractivity contribution in [3.8, 4) is 11.1 Å². The van der Waals surface area contributed by atoms with Crippen LogP contribution in [-0.4, -0.2) is 39.6 Å². The second-order valence-corrected chi connectivity index (χ2v) is 10.9. The van der Waals surface area contributed by atoms with E-state index in [0.717, 1.165) is 29.7 Å². The Morgan fingerprint density at radius 2 is 1.62 bits per heavy atom. The highest BCUT2D eigenvalue weighted by molar-refractivity contribution is 6.30. The fraction of sp³-hybridized carbons (Fsp3) is 0.206. The first-order valence-electron chi connectivity index (χ1n) is 14.4. The van der Waals surface area contributed by atoms with E-state index in [-0.39, 0.29) is 29.1 Å². The van der Waals surface area contributed by atoms with E-state index in [1.807, 2.05) is 19.1 Å². The van der Waals surface area contributed by atoms with Crippen LogP contribution in [0.2, 0.25) is 5.02 Å². The van der Waals surface area contributed by atoms with Gasteiger partial charge in [-0.1, -0.05) is 61.7 Å². The Morgan fingerprint density at radius 3 is 2.31 bits per heavy atom. The van der Waals surface area contributed by atoms with Gasteiger partial charge in [0.05, 0.1) is 6.04 Å². The van der Waals surface area contributed by atoms with Crippen molar-refractivity contribution < 1.29 is 27.6 Å². The van der Waals surface area contributed by atoms with Crippen molar-refractivity contribution in [3.63, 3.8) is 0 Å².